The number of aliphatic imine (C=N–C) groups is 1. The van der Waals surface area contributed by atoms with Crippen molar-refractivity contribution in [3.05, 3.63) is 38.5 Å². The zero-order valence-electron chi connectivity index (χ0n) is 15.4. The molecule has 0 saturated carbocycles. The van der Waals surface area contributed by atoms with Gasteiger partial charge >= 0.3 is 0 Å². The van der Waals surface area contributed by atoms with Crippen molar-refractivity contribution in [1.29, 1.82) is 0 Å². The first-order chi connectivity index (χ1) is 11.5. The Bertz CT molecular complexity index is 645. The molecule has 0 aliphatic carbocycles. The highest BCUT2D eigenvalue weighted by molar-refractivity contribution is 14.0. The van der Waals surface area contributed by atoms with Gasteiger partial charge in [0.25, 0.3) is 0 Å². The van der Waals surface area contributed by atoms with Gasteiger partial charge < -0.3 is 15.0 Å². The first-order valence-corrected chi connectivity index (χ1v) is 9.78. The molecule has 25 heavy (non-hydrogen) atoms. The Morgan fingerprint density at radius 3 is 2.76 bits per heavy atom. The molecule has 2 aromatic rings. The first-order valence-electron chi connectivity index (χ1n) is 7.96. The molecule has 1 N–H and O–H groups in total. The molecule has 0 aliphatic rings. The minimum absolute atomic E-state index is 0. The van der Waals surface area contributed by atoms with Gasteiger partial charge in [-0.1, -0.05) is 6.92 Å². The molecule has 140 valence electrons. The normalized spacial score (nSPS) is 13.9. The lowest BCUT2D eigenvalue weighted by molar-refractivity contribution is 0.119. The van der Waals surface area contributed by atoms with Crippen molar-refractivity contribution in [3.8, 4) is 0 Å². The third-order valence-corrected chi connectivity index (χ3v) is 5.68. The summed E-state index contributed by atoms with van der Waals surface area (Å²) < 4.78 is 5.32. The van der Waals surface area contributed by atoms with Crippen molar-refractivity contribution in [1.82, 2.24) is 15.2 Å². The molecule has 8 heteroatoms. The fraction of sp³-hybridized carbons (Fsp3) is 0.529. The zero-order valence-corrected chi connectivity index (χ0v) is 19.3. The quantitative estimate of drug-likeness (QED) is 0.354. The van der Waals surface area contributed by atoms with E-state index >= 15 is 0 Å². The number of rotatable bonds is 7. The van der Waals surface area contributed by atoms with E-state index in [2.05, 4.69) is 49.3 Å². The highest BCUT2D eigenvalue weighted by Gasteiger charge is 2.13. The lowest BCUT2D eigenvalue weighted by Gasteiger charge is -2.22. The maximum absolute atomic E-state index is 5.32. The maximum atomic E-state index is 5.32. The van der Waals surface area contributed by atoms with Gasteiger partial charge in [-0.25, -0.2) is 4.98 Å². The maximum Gasteiger partial charge on any atom is 0.193 e. The fourth-order valence-electron chi connectivity index (χ4n) is 2.30. The average Bonchev–Trinajstić information content (AvgIpc) is 3.26. The van der Waals surface area contributed by atoms with Crippen LogP contribution in [-0.2, 0) is 11.3 Å². The van der Waals surface area contributed by atoms with Gasteiger partial charge in [-0.2, -0.15) is 11.3 Å². The molecule has 0 amide bonds. The van der Waals surface area contributed by atoms with Crippen LogP contribution >= 0.6 is 46.7 Å². The van der Waals surface area contributed by atoms with Crippen molar-refractivity contribution in [2.24, 2.45) is 4.99 Å². The number of guanidine groups is 1. The molecule has 2 unspecified atom stereocenters. The largest absolute Gasteiger partial charge is 0.375 e. The molecular formula is C17H27IN4OS2. The summed E-state index contributed by atoms with van der Waals surface area (Å²) in [6.45, 7) is 5.82. The summed E-state index contributed by atoms with van der Waals surface area (Å²) in [7, 11) is 5.55. The lowest BCUT2D eigenvalue weighted by Crippen LogP contribution is -2.40. The smallest absolute Gasteiger partial charge is 0.193 e. The summed E-state index contributed by atoms with van der Waals surface area (Å²) in [5, 5.41) is 10.9. The molecular weight excluding hydrogens is 467 g/mol. The summed E-state index contributed by atoms with van der Waals surface area (Å²) in [6, 6.07) is 2.18. The van der Waals surface area contributed by atoms with Gasteiger partial charge in [0, 0.05) is 33.1 Å². The highest BCUT2D eigenvalue weighted by atomic mass is 127. The van der Waals surface area contributed by atoms with Gasteiger partial charge in [-0.3, -0.25) is 4.99 Å². The number of nitrogens with zero attached hydrogens (tertiary/aromatic N) is 3. The third-order valence-electron chi connectivity index (χ3n) is 3.92. The van der Waals surface area contributed by atoms with Gasteiger partial charge in [0.05, 0.1) is 12.2 Å². The number of nitrogens with one attached hydrogen (secondary N) is 1. The van der Waals surface area contributed by atoms with E-state index in [1.807, 2.05) is 21.0 Å². The van der Waals surface area contributed by atoms with Crippen LogP contribution in [0.4, 0.5) is 0 Å². The van der Waals surface area contributed by atoms with E-state index in [9.17, 15) is 0 Å². The van der Waals surface area contributed by atoms with Crippen LogP contribution in [0.2, 0.25) is 0 Å². The Morgan fingerprint density at radius 1 is 1.40 bits per heavy atom. The second-order valence-electron chi connectivity index (χ2n) is 5.80. The molecule has 0 aromatic carbocycles. The summed E-state index contributed by atoms with van der Waals surface area (Å²) in [4.78, 5) is 11.1. The van der Waals surface area contributed by atoms with Gasteiger partial charge in [-0.15, -0.1) is 35.3 Å². The second kappa shape index (κ2) is 11.1. The number of hydrogen-bond acceptors (Lipinski definition) is 5. The lowest BCUT2D eigenvalue weighted by atomic mass is 10.1. The summed E-state index contributed by atoms with van der Waals surface area (Å²) in [5.74, 6) is 1.33. The summed E-state index contributed by atoms with van der Waals surface area (Å²) in [6.07, 6.45) is 0.0398. The number of halogens is 1. The van der Waals surface area contributed by atoms with E-state index in [4.69, 9.17) is 4.74 Å². The van der Waals surface area contributed by atoms with Crippen LogP contribution in [0, 0.1) is 0 Å². The van der Waals surface area contributed by atoms with Crippen molar-refractivity contribution in [2.75, 3.05) is 27.7 Å². The highest BCUT2D eigenvalue weighted by Crippen LogP contribution is 2.21. The van der Waals surface area contributed by atoms with E-state index in [0.29, 0.717) is 5.92 Å². The minimum Gasteiger partial charge on any atom is -0.375 e. The number of ether oxygens (including phenoxy) is 1. The molecule has 2 heterocycles. The predicted molar refractivity (Wildman–Crippen MR) is 119 cm³/mol. The van der Waals surface area contributed by atoms with Crippen LogP contribution in [0.3, 0.4) is 0 Å². The molecule has 0 fully saturated rings. The molecule has 2 atom stereocenters. The Balaban J connectivity index is 0.00000312. The number of methoxy groups -OCH3 is 1. The van der Waals surface area contributed by atoms with E-state index < -0.39 is 0 Å². The second-order valence-corrected chi connectivity index (χ2v) is 7.47. The number of aromatic nitrogens is 1. The topological polar surface area (TPSA) is 49.8 Å². The molecule has 2 rings (SSSR count). The predicted octanol–water partition coefficient (Wildman–Crippen LogP) is 4.34. The molecule has 0 bridgehead atoms. The van der Waals surface area contributed by atoms with Crippen molar-refractivity contribution < 1.29 is 4.74 Å². The standard InChI is InChI=1S/C17H26N4OS2.HI/c1-12(14-6-7-23-10-14)8-19-17(18-3)21(4)9-15-11-24-16(20-15)13(2)22-5;/h6-7,10-13H,8-9H2,1-5H3,(H,18,19);1H. The van der Waals surface area contributed by atoms with Gasteiger partial charge in [0.2, 0.25) is 0 Å². The average molecular weight is 494 g/mol. The van der Waals surface area contributed by atoms with Gasteiger partial charge in [0.15, 0.2) is 5.96 Å². The summed E-state index contributed by atoms with van der Waals surface area (Å²) >= 11 is 3.37. The zero-order chi connectivity index (χ0) is 17.5. The number of thiazole rings is 1. The fourth-order valence-corrected chi connectivity index (χ4v) is 3.93. The van der Waals surface area contributed by atoms with Gasteiger partial charge in [-0.05, 0) is 35.2 Å². The SMILES string of the molecule is CN=C(NCC(C)c1ccsc1)N(C)Cc1csc(C(C)OC)n1.I. The van der Waals surface area contributed by atoms with E-state index in [1.54, 1.807) is 29.8 Å². The number of thiophene rings is 1. The van der Waals surface area contributed by atoms with Gasteiger partial charge in [0.1, 0.15) is 11.1 Å². The van der Waals surface area contributed by atoms with E-state index in [1.165, 1.54) is 5.56 Å². The van der Waals surface area contributed by atoms with Crippen molar-refractivity contribution >= 4 is 52.6 Å². The monoisotopic (exact) mass is 494 g/mol. The molecule has 2 aromatic heterocycles. The Hall–Kier alpha value is -0.710. The first kappa shape index (κ1) is 22.3. The van der Waals surface area contributed by atoms with Crippen LogP contribution in [0.5, 0.6) is 0 Å². The van der Waals surface area contributed by atoms with Crippen LogP contribution in [-0.4, -0.2) is 43.6 Å². The molecule has 0 spiro atoms. The summed E-state index contributed by atoms with van der Waals surface area (Å²) in [5.41, 5.74) is 2.40. The van der Waals surface area contributed by atoms with Crippen molar-refractivity contribution in [2.45, 2.75) is 32.4 Å². The third kappa shape index (κ3) is 6.50. The van der Waals surface area contributed by atoms with Crippen LogP contribution in [0.15, 0.2) is 27.2 Å². The Morgan fingerprint density at radius 2 is 2.16 bits per heavy atom. The molecule has 0 aliphatic heterocycles. The Kier molecular flexibility index (Phi) is 9.91. The molecule has 5 nitrogen and oxygen atoms in total. The van der Waals surface area contributed by atoms with Crippen molar-refractivity contribution in [3.63, 3.8) is 0 Å². The number of hydrogen-bond donors (Lipinski definition) is 1. The Labute approximate surface area is 175 Å². The van der Waals surface area contributed by atoms with Crippen LogP contribution in [0.25, 0.3) is 0 Å². The van der Waals surface area contributed by atoms with E-state index in [0.717, 1.165) is 29.8 Å². The van der Waals surface area contributed by atoms with Crippen LogP contribution < -0.4 is 5.32 Å². The minimum atomic E-state index is 0. The molecule has 0 radical (unpaired) electrons. The van der Waals surface area contributed by atoms with E-state index in [-0.39, 0.29) is 30.1 Å². The van der Waals surface area contributed by atoms with Crippen LogP contribution in [0.1, 0.15) is 42.1 Å². The molecule has 0 saturated heterocycles.